The highest BCUT2D eigenvalue weighted by Crippen LogP contribution is 2.09. The van der Waals surface area contributed by atoms with E-state index in [0.29, 0.717) is 18.9 Å². The van der Waals surface area contributed by atoms with Crippen molar-refractivity contribution >= 4 is 21.7 Å². The molecule has 0 unspecified atom stereocenters. The minimum absolute atomic E-state index is 0.0119. The molecule has 2 rings (SSSR count). The number of anilines is 1. The third-order valence-corrected chi connectivity index (χ3v) is 4.49. The molecule has 0 saturated carbocycles. The molecule has 2 amide bonds. The van der Waals surface area contributed by atoms with Crippen molar-refractivity contribution in [3.05, 3.63) is 48.2 Å². The van der Waals surface area contributed by atoms with Gasteiger partial charge in [-0.25, -0.2) is 13.2 Å². The molecule has 0 aliphatic carbocycles. The zero-order valence-electron chi connectivity index (χ0n) is 14.6. The van der Waals surface area contributed by atoms with Crippen LogP contribution >= 0.6 is 0 Å². The molecule has 2 aromatic rings. The molecule has 7 nitrogen and oxygen atoms in total. The third-order valence-electron chi connectivity index (χ3n) is 3.56. The van der Waals surface area contributed by atoms with E-state index < -0.39 is 9.84 Å². The topological polar surface area (TPSA) is 84.3 Å². The smallest absolute Gasteiger partial charge is 0.320 e. The number of amides is 2. The zero-order valence-corrected chi connectivity index (χ0v) is 15.4. The first-order chi connectivity index (χ1) is 11.9. The van der Waals surface area contributed by atoms with Gasteiger partial charge in [0.2, 0.25) is 0 Å². The van der Waals surface area contributed by atoms with Crippen molar-refractivity contribution in [3.8, 4) is 0 Å². The Labute approximate surface area is 148 Å². The number of aromatic nitrogens is 2. The number of hydrogen-bond acceptors (Lipinski definition) is 4. The molecule has 136 valence electrons. The van der Waals surface area contributed by atoms with E-state index >= 15 is 0 Å². The first-order valence-electron chi connectivity index (χ1n) is 8.18. The van der Waals surface area contributed by atoms with Crippen LogP contribution in [-0.4, -0.2) is 47.7 Å². The lowest BCUT2D eigenvalue weighted by Gasteiger charge is -2.22. The number of nitrogens with one attached hydrogen (secondary N) is 1. The van der Waals surface area contributed by atoms with Crippen molar-refractivity contribution in [2.75, 3.05) is 23.9 Å². The quantitative estimate of drug-likeness (QED) is 0.779. The largest absolute Gasteiger partial charge is 0.323 e. The fourth-order valence-electron chi connectivity index (χ4n) is 2.33. The van der Waals surface area contributed by atoms with Crippen molar-refractivity contribution in [3.63, 3.8) is 0 Å². The van der Waals surface area contributed by atoms with Crippen molar-refractivity contribution in [1.29, 1.82) is 0 Å². The second-order valence-corrected chi connectivity index (χ2v) is 8.19. The minimum atomic E-state index is -3.05. The SMILES string of the molecule is CCCN(Cc1ccccc1)C(=O)Nc1ccn(CCS(C)(=O)=O)n1. The Morgan fingerprint density at radius 3 is 2.60 bits per heavy atom. The second-order valence-electron chi connectivity index (χ2n) is 5.93. The Morgan fingerprint density at radius 2 is 1.96 bits per heavy atom. The molecule has 0 fully saturated rings. The minimum Gasteiger partial charge on any atom is -0.320 e. The Hall–Kier alpha value is -2.35. The van der Waals surface area contributed by atoms with E-state index in [4.69, 9.17) is 0 Å². The van der Waals surface area contributed by atoms with Gasteiger partial charge in [0.25, 0.3) is 0 Å². The Morgan fingerprint density at radius 1 is 1.24 bits per heavy atom. The van der Waals surface area contributed by atoms with Crippen LogP contribution in [-0.2, 0) is 22.9 Å². The molecule has 0 atom stereocenters. The molecule has 1 aromatic carbocycles. The lowest BCUT2D eigenvalue weighted by atomic mass is 10.2. The van der Waals surface area contributed by atoms with Gasteiger partial charge in [0, 0.05) is 31.6 Å². The van der Waals surface area contributed by atoms with Gasteiger partial charge in [-0.1, -0.05) is 37.3 Å². The standard InChI is InChI=1S/C17H24N4O3S/c1-3-10-20(14-15-7-5-4-6-8-15)17(22)18-16-9-11-21(19-16)12-13-25(2,23)24/h4-9,11H,3,10,12-14H2,1-2H3,(H,18,19,22). The van der Waals surface area contributed by atoms with Crippen LogP contribution in [0.5, 0.6) is 0 Å². The third kappa shape index (κ3) is 6.58. The highest BCUT2D eigenvalue weighted by atomic mass is 32.2. The molecular weight excluding hydrogens is 340 g/mol. The fourth-order valence-corrected chi connectivity index (χ4v) is 2.85. The van der Waals surface area contributed by atoms with Gasteiger partial charge in [0.1, 0.15) is 9.84 Å². The van der Waals surface area contributed by atoms with Crippen LogP contribution in [0.4, 0.5) is 10.6 Å². The van der Waals surface area contributed by atoms with Crippen LogP contribution in [0.3, 0.4) is 0 Å². The molecule has 8 heteroatoms. The predicted molar refractivity (Wildman–Crippen MR) is 98.1 cm³/mol. The van der Waals surface area contributed by atoms with Crippen LogP contribution in [0.2, 0.25) is 0 Å². The molecule has 1 aromatic heterocycles. The number of benzene rings is 1. The predicted octanol–water partition coefficient (Wildman–Crippen LogP) is 2.37. The first kappa shape index (κ1) is 19.0. The average Bonchev–Trinajstić information content (AvgIpc) is 3.00. The van der Waals surface area contributed by atoms with E-state index in [1.54, 1.807) is 17.2 Å². The van der Waals surface area contributed by atoms with E-state index in [0.717, 1.165) is 12.0 Å². The van der Waals surface area contributed by atoms with E-state index in [1.807, 2.05) is 37.3 Å². The molecule has 0 aliphatic heterocycles. The highest BCUT2D eigenvalue weighted by Gasteiger charge is 2.14. The first-order valence-corrected chi connectivity index (χ1v) is 10.2. The van der Waals surface area contributed by atoms with Crippen LogP contribution in [0.1, 0.15) is 18.9 Å². The maximum absolute atomic E-state index is 12.5. The molecule has 1 N–H and O–H groups in total. The van der Waals surface area contributed by atoms with Gasteiger partial charge in [0.05, 0.1) is 12.3 Å². The summed E-state index contributed by atoms with van der Waals surface area (Å²) in [6.45, 7) is 3.44. The lowest BCUT2D eigenvalue weighted by Crippen LogP contribution is -2.35. The summed E-state index contributed by atoms with van der Waals surface area (Å²) in [7, 11) is -3.05. The van der Waals surface area contributed by atoms with Crippen molar-refractivity contribution in [1.82, 2.24) is 14.7 Å². The van der Waals surface area contributed by atoms with Gasteiger partial charge in [-0.3, -0.25) is 10.00 Å². The number of urea groups is 1. The summed E-state index contributed by atoms with van der Waals surface area (Å²) in [5.41, 5.74) is 1.06. The lowest BCUT2D eigenvalue weighted by molar-refractivity contribution is 0.209. The summed E-state index contributed by atoms with van der Waals surface area (Å²) in [6, 6.07) is 11.2. The van der Waals surface area contributed by atoms with E-state index in [1.165, 1.54) is 10.9 Å². The molecule has 0 radical (unpaired) electrons. The maximum atomic E-state index is 12.5. The van der Waals surface area contributed by atoms with E-state index in [-0.39, 0.29) is 18.3 Å². The summed E-state index contributed by atoms with van der Waals surface area (Å²) < 4.78 is 23.9. The van der Waals surface area contributed by atoms with E-state index in [2.05, 4.69) is 10.4 Å². The van der Waals surface area contributed by atoms with Crippen molar-refractivity contribution in [2.24, 2.45) is 0 Å². The summed E-state index contributed by atoms with van der Waals surface area (Å²) >= 11 is 0. The van der Waals surface area contributed by atoms with Gasteiger partial charge < -0.3 is 4.90 Å². The van der Waals surface area contributed by atoms with Gasteiger partial charge in [-0.05, 0) is 12.0 Å². The average molecular weight is 364 g/mol. The van der Waals surface area contributed by atoms with Crippen LogP contribution in [0.15, 0.2) is 42.6 Å². The number of carbonyl (C=O) groups excluding carboxylic acids is 1. The zero-order chi connectivity index (χ0) is 18.3. The summed E-state index contributed by atoms with van der Waals surface area (Å²) in [5.74, 6) is 0.422. The normalized spacial score (nSPS) is 11.3. The molecule has 1 heterocycles. The van der Waals surface area contributed by atoms with Crippen LogP contribution in [0.25, 0.3) is 0 Å². The molecule has 0 aliphatic rings. The number of aryl methyl sites for hydroxylation is 1. The number of nitrogens with zero attached hydrogens (tertiary/aromatic N) is 3. The number of rotatable bonds is 8. The maximum Gasteiger partial charge on any atom is 0.323 e. The summed E-state index contributed by atoms with van der Waals surface area (Å²) in [5, 5.41) is 6.97. The molecule has 0 saturated heterocycles. The number of carbonyl (C=O) groups is 1. The molecule has 0 spiro atoms. The second kappa shape index (κ2) is 8.66. The van der Waals surface area contributed by atoms with Crippen LogP contribution < -0.4 is 5.32 Å². The Kier molecular flexibility index (Phi) is 6.58. The van der Waals surface area contributed by atoms with Gasteiger partial charge in [0.15, 0.2) is 5.82 Å². The fraction of sp³-hybridized carbons (Fsp3) is 0.412. The monoisotopic (exact) mass is 364 g/mol. The van der Waals surface area contributed by atoms with Gasteiger partial charge in [-0.15, -0.1) is 0 Å². The van der Waals surface area contributed by atoms with E-state index in [9.17, 15) is 13.2 Å². The van der Waals surface area contributed by atoms with Crippen molar-refractivity contribution < 1.29 is 13.2 Å². The number of sulfone groups is 1. The summed E-state index contributed by atoms with van der Waals surface area (Å²) in [6.07, 6.45) is 3.69. The van der Waals surface area contributed by atoms with Crippen molar-refractivity contribution in [2.45, 2.75) is 26.4 Å². The van der Waals surface area contributed by atoms with Gasteiger partial charge in [-0.2, -0.15) is 5.10 Å². The Bertz CT molecular complexity index is 787. The van der Waals surface area contributed by atoms with Crippen LogP contribution in [0, 0.1) is 0 Å². The molecule has 25 heavy (non-hydrogen) atoms. The summed E-state index contributed by atoms with van der Waals surface area (Å²) in [4.78, 5) is 14.2. The number of hydrogen-bond donors (Lipinski definition) is 1. The van der Waals surface area contributed by atoms with Gasteiger partial charge >= 0.3 is 6.03 Å². The highest BCUT2D eigenvalue weighted by molar-refractivity contribution is 7.90. The molecular formula is C17H24N4O3S. The Balaban J connectivity index is 1.97. The molecule has 0 bridgehead atoms.